The van der Waals surface area contributed by atoms with Crippen LogP contribution in [0.5, 0.6) is 0 Å². The molecule has 0 aromatic heterocycles. The van der Waals surface area contributed by atoms with Gasteiger partial charge in [0.05, 0.1) is 17.7 Å². The molecule has 0 atom stereocenters. The van der Waals surface area contributed by atoms with Gasteiger partial charge in [0.25, 0.3) is 0 Å². The SMILES string of the molecule is CCOC(=O)c1cc(C)c(Br)c(C#N)c1. The Balaban J connectivity index is 3.18. The molecule has 0 aliphatic carbocycles. The number of aryl methyl sites for hydroxylation is 1. The van der Waals surface area contributed by atoms with E-state index in [0.29, 0.717) is 17.7 Å². The maximum atomic E-state index is 11.4. The number of nitrogens with zero attached hydrogens (tertiary/aromatic N) is 1. The molecule has 3 nitrogen and oxygen atoms in total. The zero-order valence-electron chi connectivity index (χ0n) is 8.50. The molecule has 1 aromatic rings. The molecule has 0 heterocycles. The van der Waals surface area contributed by atoms with Crippen molar-refractivity contribution < 1.29 is 9.53 Å². The summed E-state index contributed by atoms with van der Waals surface area (Å²) >= 11 is 3.29. The van der Waals surface area contributed by atoms with Gasteiger partial charge in [-0.15, -0.1) is 0 Å². The highest BCUT2D eigenvalue weighted by atomic mass is 79.9. The maximum Gasteiger partial charge on any atom is 0.338 e. The molecule has 0 aliphatic heterocycles. The first-order valence-corrected chi connectivity index (χ1v) is 5.26. The summed E-state index contributed by atoms with van der Waals surface area (Å²) in [6.07, 6.45) is 0. The number of hydrogen-bond acceptors (Lipinski definition) is 3. The molecule has 0 bridgehead atoms. The third-order valence-corrected chi connectivity index (χ3v) is 2.94. The average molecular weight is 268 g/mol. The van der Waals surface area contributed by atoms with Gasteiger partial charge in [-0.1, -0.05) is 0 Å². The molecule has 0 saturated heterocycles. The van der Waals surface area contributed by atoms with Crippen LogP contribution in [0.2, 0.25) is 0 Å². The fourth-order valence-electron chi connectivity index (χ4n) is 1.18. The smallest absolute Gasteiger partial charge is 0.338 e. The summed E-state index contributed by atoms with van der Waals surface area (Å²) in [5, 5.41) is 8.85. The normalized spacial score (nSPS) is 9.47. The number of esters is 1. The monoisotopic (exact) mass is 267 g/mol. The second-order valence-corrected chi connectivity index (χ2v) is 3.78. The summed E-state index contributed by atoms with van der Waals surface area (Å²) in [5.74, 6) is -0.399. The van der Waals surface area contributed by atoms with Crippen molar-refractivity contribution in [2.24, 2.45) is 0 Å². The van der Waals surface area contributed by atoms with Gasteiger partial charge in [0.1, 0.15) is 6.07 Å². The van der Waals surface area contributed by atoms with E-state index in [1.165, 1.54) is 6.07 Å². The number of ether oxygens (including phenoxy) is 1. The minimum atomic E-state index is -0.399. The van der Waals surface area contributed by atoms with Crippen molar-refractivity contribution in [3.8, 4) is 6.07 Å². The van der Waals surface area contributed by atoms with Gasteiger partial charge in [-0.2, -0.15) is 5.26 Å². The number of rotatable bonds is 2. The van der Waals surface area contributed by atoms with E-state index in [0.717, 1.165) is 10.0 Å². The van der Waals surface area contributed by atoms with Gasteiger partial charge in [0.15, 0.2) is 0 Å². The summed E-state index contributed by atoms with van der Waals surface area (Å²) < 4.78 is 5.58. The Morgan fingerprint density at radius 3 is 2.80 bits per heavy atom. The summed E-state index contributed by atoms with van der Waals surface area (Å²) in [6.45, 7) is 3.90. The lowest BCUT2D eigenvalue weighted by Crippen LogP contribution is -2.05. The van der Waals surface area contributed by atoms with E-state index in [1.807, 2.05) is 13.0 Å². The molecule has 1 aromatic carbocycles. The molecule has 78 valence electrons. The molecule has 15 heavy (non-hydrogen) atoms. The Labute approximate surface area is 96.8 Å². The highest BCUT2D eigenvalue weighted by Crippen LogP contribution is 2.23. The van der Waals surface area contributed by atoms with Crippen molar-refractivity contribution in [2.45, 2.75) is 13.8 Å². The number of carbonyl (C=O) groups excluding carboxylic acids is 1. The van der Waals surface area contributed by atoms with E-state index in [4.69, 9.17) is 10.00 Å². The van der Waals surface area contributed by atoms with Crippen LogP contribution in [0.15, 0.2) is 16.6 Å². The van der Waals surface area contributed by atoms with Gasteiger partial charge in [0, 0.05) is 4.47 Å². The Morgan fingerprint density at radius 1 is 1.60 bits per heavy atom. The molecule has 0 fully saturated rings. The Hall–Kier alpha value is -1.34. The molecule has 0 unspecified atom stereocenters. The van der Waals surface area contributed by atoms with E-state index in [-0.39, 0.29) is 0 Å². The van der Waals surface area contributed by atoms with Gasteiger partial charge in [0.2, 0.25) is 0 Å². The minimum absolute atomic E-state index is 0.329. The number of nitriles is 1. The Bertz CT molecular complexity index is 435. The fraction of sp³-hybridized carbons (Fsp3) is 0.273. The lowest BCUT2D eigenvalue weighted by molar-refractivity contribution is 0.0526. The molecule has 0 N–H and O–H groups in total. The molecular weight excluding hydrogens is 258 g/mol. The number of hydrogen-bond donors (Lipinski definition) is 0. The van der Waals surface area contributed by atoms with E-state index in [9.17, 15) is 4.79 Å². The summed E-state index contributed by atoms with van der Waals surface area (Å²) in [6, 6.07) is 5.24. The predicted octanol–water partition coefficient (Wildman–Crippen LogP) is 2.81. The van der Waals surface area contributed by atoms with Crippen molar-refractivity contribution >= 4 is 21.9 Å². The standard InChI is InChI=1S/C11H10BrNO2/c1-3-15-11(14)8-4-7(2)10(12)9(5-8)6-13/h4-5H,3H2,1-2H3. The number of halogens is 1. The molecule has 0 saturated carbocycles. The zero-order valence-corrected chi connectivity index (χ0v) is 10.1. The third-order valence-electron chi connectivity index (χ3n) is 1.89. The highest BCUT2D eigenvalue weighted by molar-refractivity contribution is 9.10. The van der Waals surface area contributed by atoms with Gasteiger partial charge >= 0.3 is 5.97 Å². The largest absolute Gasteiger partial charge is 0.462 e. The van der Waals surface area contributed by atoms with E-state index < -0.39 is 5.97 Å². The second kappa shape index (κ2) is 4.94. The minimum Gasteiger partial charge on any atom is -0.462 e. The van der Waals surface area contributed by atoms with Gasteiger partial charge in [-0.3, -0.25) is 0 Å². The van der Waals surface area contributed by atoms with Crippen LogP contribution in [0.1, 0.15) is 28.4 Å². The fourth-order valence-corrected chi connectivity index (χ4v) is 1.50. The van der Waals surface area contributed by atoms with Crippen molar-refractivity contribution in [1.29, 1.82) is 5.26 Å². The molecule has 4 heteroatoms. The molecule has 0 radical (unpaired) electrons. The summed E-state index contributed by atoms with van der Waals surface area (Å²) in [5.41, 5.74) is 1.70. The first-order valence-electron chi connectivity index (χ1n) is 4.47. The Morgan fingerprint density at radius 2 is 2.27 bits per heavy atom. The van der Waals surface area contributed by atoms with Crippen molar-refractivity contribution in [3.05, 3.63) is 33.3 Å². The van der Waals surface area contributed by atoms with E-state index in [1.54, 1.807) is 13.0 Å². The van der Waals surface area contributed by atoms with Gasteiger partial charge < -0.3 is 4.74 Å². The van der Waals surface area contributed by atoms with Crippen molar-refractivity contribution in [1.82, 2.24) is 0 Å². The topological polar surface area (TPSA) is 50.1 Å². The van der Waals surface area contributed by atoms with E-state index >= 15 is 0 Å². The van der Waals surface area contributed by atoms with Crippen LogP contribution in [0.3, 0.4) is 0 Å². The lowest BCUT2D eigenvalue weighted by Gasteiger charge is -2.05. The predicted molar refractivity (Wildman–Crippen MR) is 59.6 cm³/mol. The first-order chi connectivity index (χ1) is 7.10. The third kappa shape index (κ3) is 2.57. The molecular formula is C11H10BrNO2. The van der Waals surface area contributed by atoms with Crippen LogP contribution < -0.4 is 0 Å². The average Bonchev–Trinajstić information content (AvgIpc) is 2.22. The lowest BCUT2D eigenvalue weighted by atomic mass is 10.1. The van der Waals surface area contributed by atoms with Gasteiger partial charge in [-0.25, -0.2) is 4.79 Å². The quantitative estimate of drug-likeness (QED) is 0.775. The molecule has 0 spiro atoms. The molecule has 0 amide bonds. The second-order valence-electron chi connectivity index (χ2n) is 2.99. The maximum absolute atomic E-state index is 11.4. The zero-order chi connectivity index (χ0) is 11.4. The van der Waals surface area contributed by atoms with Crippen molar-refractivity contribution in [3.63, 3.8) is 0 Å². The van der Waals surface area contributed by atoms with Crippen LogP contribution in [-0.2, 0) is 4.74 Å². The first kappa shape index (κ1) is 11.7. The van der Waals surface area contributed by atoms with E-state index in [2.05, 4.69) is 15.9 Å². The van der Waals surface area contributed by atoms with Crippen molar-refractivity contribution in [2.75, 3.05) is 6.61 Å². The van der Waals surface area contributed by atoms with Crippen LogP contribution in [-0.4, -0.2) is 12.6 Å². The van der Waals surface area contributed by atoms with Gasteiger partial charge in [-0.05, 0) is 47.5 Å². The molecule has 1 rings (SSSR count). The van der Waals surface area contributed by atoms with Crippen LogP contribution in [0.4, 0.5) is 0 Å². The van der Waals surface area contributed by atoms with Crippen LogP contribution in [0, 0.1) is 18.3 Å². The van der Waals surface area contributed by atoms with Crippen LogP contribution >= 0.6 is 15.9 Å². The Kier molecular flexibility index (Phi) is 3.87. The summed E-state index contributed by atoms with van der Waals surface area (Å²) in [4.78, 5) is 11.4. The number of carbonyl (C=O) groups is 1. The molecule has 0 aliphatic rings. The van der Waals surface area contributed by atoms with Crippen LogP contribution in [0.25, 0.3) is 0 Å². The summed E-state index contributed by atoms with van der Waals surface area (Å²) in [7, 11) is 0. The highest BCUT2D eigenvalue weighted by Gasteiger charge is 2.11. The number of benzene rings is 1.